The Labute approximate surface area is 135 Å². The summed E-state index contributed by atoms with van der Waals surface area (Å²) in [5.41, 5.74) is 1.75. The van der Waals surface area contributed by atoms with Gasteiger partial charge in [-0.2, -0.15) is 0 Å². The first-order chi connectivity index (χ1) is 11.2. The van der Waals surface area contributed by atoms with Crippen molar-refractivity contribution in [3.63, 3.8) is 0 Å². The highest BCUT2D eigenvalue weighted by Gasteiger charge is 2.23. The van der Waals surface area contributed by atoms with Crippen molar-refractivity contribution in [2.24, 2.45) is 0 Å². The summed E-state index contributed by atoms with van der Waals surface area (Å²) in [7, 11) is 1.59. The molecule has 1 aliphatic heterocycles. The van der Waals surface area contributed by atoms with Gasteiger partial charge in [0.05, 0.1) is 19.4 Å². The fourth-order valence-corrected chi connectivity index (χ4v) is 2.82. The van der Waals surface area contributed by atoms with Gasteiger partial charge in [-0.15, -0.1) is 0 Å². The zero-order chi connectivity index (χ0) is 16.2. The van der Waals surface area contributed by atoms with Crippen LogP contribution in [0.5, 0.6) is 5.75 Å². The number of ether oxygens (including phenoxy) is 2. The number of hydrogen-bond acceptors (Lipinski definition) is 4. The smallest absolute Gasteiger partial charge is 0.244 e. The van der Waals surface area contributed by atoms with Crippen molar-refractivity contribution in [3.8, 4) is 5.75 Å². The maximum absolute atomic E-state index is 12.4. The molecule has 1 N–H and O–H groups in total. The molecule has 1 aliphatic rings. The van der Waals surface area contributed by atoms with Gasteiger partial charge >= 0.3 is 0 Å². The Hall–Kier alpha value is -2.34. The molecule has 0 saturated carbocycles. The van der Waals surface area contributed by atoms with E-state index in [2.05, 4.69) is 10.3 Å². The molecule has 0 spiro atoms. The largest absolute Gasteiger partial charge is 0.495 e. The summed E-state index contributed by atoms with van der Waals surface area (Å²) in [5.74, 6) is 1.73. The second-order valence-electron chi connectivity index (χ2n) is 5.73. The summed E-state index contributed by atoms with van der Waals surface area (Å²) < 4.78 is 12.6. The summed E-state index contributed by atoms with van der Waals surface area (Å²) in [4.78, 5) is 16.8. The van der Waals surface area contributed by atoms with E-state index in [1.165, 1.54) is 0 Å². The van der Waals surface area contributed by atoms with Crippen molar-refractivity contribution in [1.29, 1.82) is 0 Å². The van der Waals surface area contributed by atoms with Crippen LogP contribution in [0.25, 0.3) is 0 Å². The number of nitrogens with one attached hydrogen (secondary N) is 1. The minimum atomic E-state index is -0.105. The third-order valence-corrected chi connectivity index (χ3v) is 3.99. The lowest BCUT2D eigenvalue weighted by molar-refractivity contribution is -0.116. The molecule has 122 valence electrons. The summed E-state index contributed by atoms with van der Waals surface area (Å²) in [6, 6.07) is 5.70. The number of imidazole rings is 1. The van der Waals surface area contributed by atoms with Crippen LogP contribution in [0.3, 0.4) is 0 Å². The van der Waals surface area contributed by atoms with Crippen LogP contribution in [0.15, 0.2) is 30.6 Å². The number of amides is 1. The van der Waals surface area contributed by atoms with Crippen LogP contribution < -0.4 is 10.1 Å². The predicted octanol–water partition coefficient (Wildman–Crippen LogP) is 2.34. The second-order valence-corrected chi connectivity index (χ2v) is 5.73. The monoisotopic (exact) mass is 315 g/mol. The van der Waals surface area contributed by atoms with Crippen LogP contribution in [-0.4, -0.2) is 35.8 Å². The molecule has 6 heteroatoms. The molecule has 1 fully saturated rings. The van der Waals surface area contributed by atoms with E-state index in [1.807, 2.05) is 35.9 Å². The van der Waals surface area contributed by atoms with Gasteiger partial charge in [0.15, 0.2) is 0 Å². The number of hydrogen-bond donors (Lipinski definition) is 1. The van der Waals surface area contributed by atoms with E-state index in [9.17, 15) is 4.79 Å². The molecule has 1 atom stereocenters. The quantitative estimate of drug-likeness (QED) is 0.920. The zero-order valence-electron chi connectivity index (χ0n) is 13.4. The van der Waals surface area contributed by atoms with Crippen molar-refractivity contribution >= 4 is 11.6 Å². The lowest BCUT2D eigenvalue weighted by atomic mass is 10.1. The summed E-state index contributed by atoms with van der Waals surface area (Å²) in [5, 5.41) is 2.91. The Balaban J connectivity index is 1.71. The molecule has 6 nitrogen and oxygen atoms in total. The summed E-state index contributed by atoms with van der Waals surface area (Å²) in [6.07, 6.45) is 4.51. The Kier molecular flexibility index (Phi) is 4.62. The van der Waals surface area contributed by atoms with Gasteiger partial charge in [0.1, 0.15) is 18.1 Å². The van der Waals surface area contributed by atoms with Crippen LogP contribution >= 0.6 is 0 Å². The van der Waals surface area contributed by atoms with Crippen LogP contribution in [0.1, 0.15) is 23.7 Å². The van der Waals surface area contributed by atoms with Gasteiger partial charge in [-0.1, -0.05) is 6.07 Å². The van der Waals surface area contributed by atoms with Crippen molar-refractivity contribution in [1.82, 2.24) is 9.55 Å². The van der Waals surface area contributed by atoms with Gasteiger partial charge in [0.25, 0.3) is 0 Å². The van der Waals surface area contributed by atoms with Crippen LogP contribution in [0, 0.1) is 6.92 Å². The number of benzene rings is 1. The normalized spacial score (nSPS) is 17.2. The standard InChI is InChI=1S/C17H21N3O3/c1-12-3-4-15(22-2)14(9-12)19-16(21)10-20-7-6-18-17(20)13-5-8-23-11-13/h3-4,6-7,9,13H,5,8,10-11H2,1-2H3,(H,19,21)/t13-/m0/s1. The Morgan fingerprint density at radius 3 is 3.13 bits per heavy atom. The number of nitrogens with zero attached hydrogens (tertiary/aromatic N) is 2. The fraction of sp³-hybridized carbons (Fsp3) is 0.412. The Bertz CT molecular complexity index is 690. The van der Waals surface area contributed by atoms with Crippen molar-refractivity contribution in [2.75, 3.05) is 25.6 Å². The van der Waals surface area contributed by atoms with E-state index in [-0.39, 0.29) is 18.4 Å². The highest BCUT2D eigenvalue weighted by molar-refractivity contribution is 5.92. The molecule has 0 bridgehead atoms. The molecule has 2 aromatic rings. The molecule has 0 radical (unpaired) electrons. The maximum Gasteiger partial charge on any atom is 0.244 e. The van der Waals surface area contributed by atoms with Crippen molar-refractivity contribution in [3.05, 3.63) is 42.0 Å². The molecule has 1 aromatic heterocycles. The molecule has 2 heterocycles. The van der Waals surface area contributed by atoms with E-state index in [4.69, 9.17) is 9.47 Å². The number of anilines is 1. The molecule has 0 aliphatic carbocycles. The Morgan fingerprint density at radius 1 is 1.52 bits per heavy atom. The molecule has 1 saturated heterocycles. The molecular formula is C17H21N3O3. The van der Waals surface area contributed by atoms with Gasteiger partial charge < -0.3 is 19.4 Å². The highest BCUT2D eigenvalue weighted by atomic mass is 16.5. The molecule has 1 amide bonds. The molecular weight excluding hydrogens is 294 g/mol. The second kappa shape index (κ2) is 6.83. The lowest BCUT2D eigenvalue weighted by Crippen LogP contribution is -2.21. The maximum atomic E-state index is 12.4. The van der Waals surface area contributed by atoms with Crippen molar-refractivity contribution in [2.45, 2.75) is 25.8 Å². The van der Waals surface area contributed by atoms with E-state index >= 15 is 0 Å². The third-order valence-electron chi connectivity index (χ3n) is 3.99. The Morgan fingerprint density at radius 2 is 2.39 bits per heavy atom. The van der Waals surface area contributed by atoms with E-state index in [0.29, 0.717) is 18.0 Å². The molecule has 3 rings (SSSR count). The average Bonchev–Trinajstić information content (AvgIpc) is 3.18. The topological polar surface area (TPSA) is 65.4 Å². The van der Waals surface area contributed by atoms with Crippen LogP contribution in [-0.2, 0) is 16.1 Å². The SMILES string of the molecule is COc1ccc(C)cc1NC(=O)Cn1ccnc1[C@H]1CCOC1. The van der Waals surface area contributed by atoms with Gasteiger partial charge in [0, 0.05) is 24.9 Å². The average molecular weight is 315 g/mol. The molecule has 23 heavy (non-hydrogen) atoms. The van der Waals surface area contributed by atoms with Crippen LogP contribution in [0.4, 0.5) is 5.69 Å². The van der Waals surface area contributed by atoms with Gasteiger partial charge in [-0.25, -0.2) is 4.98 Å². The fourth-order valence-electron chi connectivity index (χ4n) is 2.82. The highest BCUT2D eigenvalue weighted by Crippen LogP contribution is 2.26. The molecule has 0 unspecified atom stereocenters. The minimum Gasteiger partial charge on any atom is -0.495 e. The van der Waals surface area contributed by atoms with Gasteiger partial charge in [-0.3, -0.25) is 4.79 Å². The van der Waals surface area contributed by atoms with E-state index in [1.54, 1.807) is 13.3 Å². The number of aryl methyl sites for hydroxylation is 1. The number of carbonyl (C=O) groups is 1. The first-order valence-corrected chi connectivity index (χ1v) is 7.70. The number of rotatable bonds is 5. The first kappa shape index (κ1) is 15.6. The summed E-state index contributed by atoms with van der Waals surface area (Å²) >= 11 is 0. The van der Waals surface area contributed by atoms with Gasteiger partial charge in [0.2, 0.25) is 5.91 Å². The van der Waals surface area contributed by atoms with Gasteiger partial charge in [-0.05, 0) is 31.0 Å². The minimum absolute atomic E-state index is 0.105. The first-order valence-electron chi connectivity index (χ1n) is 7.70. The van der Waals surface area contributed by atoms with E-state index < -0.39 is 0 Å². The van der Waals surface area contributed by atoms with E-state index in [0.717, 1.165) is 24.4 Å². The predicted molar refractivity (Wildman–Crippen MR) is 86.8 cm³/mol. The number of carbonyl (C=O) groups excluding carboxylic acids is 1. The third kappa shape index (κ3) is 3.53. The summed E-state index contributed by atoms with van der Waals surface area (Å²) in [6.45, 7) is 3.63. The molecule has 1 aromatic carbocycles. The zero-order valence-corrected chi connectivity index (χ0v) is 13.4. The lowest BCUT2D eigenvalue weighted by Gasteiger charge is -2.14. The van der Waals surface area contributed by atoms with Crippen molar-refractivity contribution < 1.29 is 14.3 Å². The number of methoxy groups -OCH3 is 1. The number of aromatic nitrogens is 2. The van der Waals surface area contributed by atoms with Crippen LogP contribution in [0.2, 0.25) is 0 Å².